The lowest BCUT2D eigenvalue weighted by Gasteiger charge is -2.41. The Morgan fingerprint density at radius 3 is 1.04 bits per heavy atom. The van der Waals surface area contributed by atoms with E-state index in [0.717, 1.165) is 0 Å². The molecule has 15 nitrogen and oxygen atoms in total. The summed E-state index contributed by atoms with van der Waals surface area (Å²) in [5, 5.41) is 0. The lowest BCUT2D eigenvalue weighted by molar-refractivity contribution is 0.0646. The van der Waals surface area contributed by atoms with Crippen LogP contribution in [0.25, 0.3) is 0 Å². The van der Waals surface area contributed by atoms with Crippen LogP contribution in [0.5, 0.6) is 0 Å². The monoisotopic (exact) mass is 531 g/mol. The van der Waals surface area contributed by atoms with Crippen LogP contribution in [0.3, 0.4) is 0 Å². The Bertz CT molecular complexity index is 464. The molecule has 25 heavy (non-hydrogen) atoms. The molecule has 0 aromatic rings. The average Bonchev–Trinajstić information content (AvgIpc) is 2.47. The van der Waals surface area contributed by atoms with E-state index in [-0.39, 0.29) is 0 Å². The van der Waals surface area contributed by atoms with Crippen molar-refractivity contribution >= 4 is 95.8 Å². The minimum absolute atomic E-state index is 0.927. The van der Waals surface area contributed by atoms with Crippen molar-refractivity contribution in [2.75, 3.05) is 0 Å². The molecular weight excluding hydrogens is 521 g/mol. The highest BCUT2D eigenvalue weighted by Crippen LogP contribution is 2.21. The summed E-state index contributed by atoms with van der Waals surface area (Å²) in [5.41, 5.74) is 0. The van der Waals surface area contributed by atoms with Crippen molar-refractivity contribution in [1.82, 2.24) is 0 Å². The zero-order valence-electron chi connectivity index (χ0n) is 11.9. The van der Waals surface area contributed by atoms with Gasteiger partial charge in [-0.25, -0.2) is 0 Å². The van der Waals surface area contributed by atoms with Gasteiger partial charge in [0.25, 0.3) is 0 Å². The minimum Gasteiger partial charge on any atom is -0.398 e. The van der Waals surface area contributed by atoms with Gasteiger partial charge in [0.1, 0.15) is 0 Å². The molecule has 25 heteroatoms. The van der Waals surface area contributed by atoms with Gasteiger partial charge in [-0.3, -0.25) is 0 Å². The Hall–Kier alpha value is 1.57. The summed E-state index contributed by atoms with van der Waals surface area (Å²) in [4.78, 5) is 10.0. The second-order valence-electron chi connectivity index (χ2n) is 4.62. The van der Waals surface area contributed by atoms with Crippen LogP contribution < -0.4 is 0 Å². The highest BCUT2D eigenvalue weighted by molar-refractivity contribution is 6.79. The lowest BCUT2D eigenvalue weighted by Crippen LogP contribution is -2.64. The van der Waals surface area contributed by atoms with Gasteiger partial charge in [-0.2, -0.15) is 0 Å². The molecule has 141 valence electrons. The molecule has 5 fully saturated rings. The molecule has 1 N–H and O–H groups in total. The molecule has 0 aliphatic carbocycles. The van der Waals surface area contributed by atoms with Crippen LogP contribution in [0.4, 0.5) is 0 Å². The van der Waals surface area contributed by atoms with E-state index in [1.54, 1.807) is 0 Å². The van der Waals surface area contributed by atoms with Crippen molar-refractivity contribution in [3.05, 3.63) is 0 Å². The maximum absolute atomic E-state index is 10.0. The van der Waals surface area contributed by atoms with Gasteiger partial charge in [0.05, 0.1) is 0 Å². The Morgan fingerprint density at radius 1 is 0.400 bits per heavy atom. The Morgan fingerprint density at radius 2 is 0.680 bits per heavy atom. The molecular formula is H11O15Si10. The zero-order chi connectivity index (χ0) is 16.8. The summed E-state index contributed by atoms with van der Waals surface area (Å²) in [6, 6.07) is 0. The molecule has 5 heterocycles. The first-order chi connectivity index (χ1) is 12.2. The van der Waals surface area contributed by atoms with Crippen LogP contribution in [0, 0.1) is 0 Å². The fourth-order valence-electron chi connectivity index (χ4n) is 2.02. The van der Waals surface area contributed by atoms with Crippen LogP contribution >= 0.6 is 0 Å². The van der Waals surface area contributed by atoms with Gasteiger partial charge in [-0.15, -0.1) is 0 Å². The summed E-state index contributed by atoms with van der Waals surface area (Å²) < 4.78 is 79.3. The smallest absolute Gasteiger partial charge is 0.398 e. The molecule has 5 rings (SSSR count). The van der Waals surface area contributed by atoms with E-state index in [1.807, 2.05) is 0 Å². The molecule has 5 saturated heterocycles. The van der Waals surface area contributed by atoms with Gasteiger partial charge in [0.15, 0.2) is 0 Å². The second-order valence-corrected chi connectivity index (χ2v) is 25.3. The molecule has 8 bridgehead atoms. The fourth-order valence-corrected chi connectivity index (χ4v) is 33.2. The van der Waals surface area contributed by atoms with Gasteiger partial charge < -0.3 is 62.4 Å². The highest BCUT2D eigenvalue weighted by atomic mass is 28.6. The molecule has 5 aliphatic heterocycles. The SMILES string of the molecule is O[SiH]1O[SiH]2O[SiH]3O[SiH]O[SiH]4O[SiH](O3)O[SiH]3O[SiH](O4)O[SiH](O1)O[SiH](O2)O3. The first kappa shape index (κ1) is 18.6. The Labute approximate surface area is 158 Å². The van der Waals surface area contributed by atoms with Crippen LogP contribution in [-0.4, -0.2) is 101 Å². The molecule has 0 aromatic heterocycles. The van der Waals surface area contributed by atoms with Crippen molar-refractivity contribution in [2.24, 2.45) is 0 Å². The van der Waals surface area contributed by atoms with Crippen LogP contribution in [0.15, 0.2) is 0 Å². The minimum atomic E-state index is -3.08. The van der Waals surface area contributed by atoms with Crippen LogP contribution in [-0.2, 0) is 57.6 Å². The molecule has 5 aliphatic rings. The number of hydrogen-bond donors (Lipinski definition) is 1. The third-order valence-electron chi connectivity index (χ3n) is 3.01. The van der Waals surface area contributed by atoms with Crippen molar-refractivity contribution in [3.8, 4) is 0 Å². The molecule has 0 amide bonds. The molecule has 0 saturated carbocycles. The topological polar surface area (TPSA) is 149 Å². The zero-order valence-corrected chi connectivity index (χ0v) is 23.5. The normalized spacial score (nSPS) is 53.4. The summed E-state index contributed by atoms with van der Waals surface area (Å²) in [7, 11) is -26.1. The molecule has 9 unspecified atom stereocenters. The molecule has 0 aromatic carbocycles. The summed E-state index contributed by atoms with van der Waals surface area (Å²) in [5.74, 6) is 0. The van der Waals surface area contributed by atoms with E-state index in [1.165, 1.54) is 0 Å². The lowest BCUT2D eigenvalue weighted by atomic mass is 15.5. The molecule has 1 radical (unpaired) electrons. The van der Waals surface area contributed by atoms with Gasteiger partial charge in [0.2, 0.25) is 0 Å². The first-order valence-corrected chi connectivity index (χ1v) is 20.6. The maximum Gasteiger partial charge on any atom is 0.466 e. The molecule has 0 spiro atoms. The van der Waals surface area contributed by atoms with Crippen molar-refractivity contribution < 1.29 is 62.4 Å². The van der Waals surface area contributed by atoms with E-state index in [2.05, 4.69) is 0 Å². The summed E-state index contributed by atoms with van der Waals surface area (Å²) >= 11 is 0. The van der Waals surface area contributed by atoms with Crippen molar-refractivity contribution in [2.45, 2.75) is 0 Å². The quantitative estimate of drug-likeness (QED) is 0.294. The predicted octanol–water partition coefficient (Wildman–Crippen LogP) is -8.00. The Balaban J connectivity index is 1.51. The number of rotatable bonds is 0. The average molecular weight is 532 g/mol. The standard InChI is InChI=1S/H11O15Si10/c1-17-4-20-6-18-2-16-3-19-8-22(7-18)13-25-14-23(9-19)11-21(5-17)12-24(10-20)15-25/h1,16-25H. The predicted molar refractivity (Wildman–Crippen MR) is 88.9 cm³/mol. The summed E-state index contributed by atoms with van der Waals surface area (Å²) in [6.07, 6.45) is 0. The van der Waals surface area contributed by atoms with E-state index >= 15 is 0 Å². The summed E-state index contributed by atoms with van der Waals surface area (Å²) in [6.45, 7) is 0. The van der Waals surface area contributed by atoms with Crippen LogP contribution in [0.1, 0.15) is 0 Å². The Kier molecular flexibility index (Phi) is 6.05. The van der Waals surface area contributed by atoms with Gasteiger partial charge in [0, 0.05) is 0 Å². The highest BCUT2D eigenvalue weighted by Gasteiger charge is 2.51. The molecule has 9 atom stereocenters. The van der Waals surface area contributed by atoms with Gasteiger partial charge >= 0.3 is 95.8 Å². The maximum atomic E-state index is 10.0. The second kappa shape index (κ2) is 8.13. The van der Waals surface area contributed by atoms with E-state index in [9.17, 15) is 4.80 Å². The van der Waals surface area contributed by atoms with Crippen molar-refractivity contribution in [3.63, 3.8) is 0 Å². The van der Waals surface area contributed by atoms with Gasteiger partial charge in [-0.05, 0) is 0 Å². The van der Waals surface area contributed by atoms with Crippen molar-refractivity contribution in [1.29, 1.82) is 0 Å². The third kappa shape index (κ3) is 4.60. The first-order valence-electron chi connectivity index (χ1n) is 6.86. The third-order valence-corrected chi connectivity index (χ3v) is 27.1. The fraction of sp³-hybridized carbons (Fsp3) is 0. The van der Waals surface area contributed by atoms with E-state index < -0.39 is 95.8 Å². The number of fused-ring (bicyclic) bond motifs is 5. The van der Waals surface area contributed by atoms with E-state index in [4.69, 9.17) is 57.6 Å². The van der Waals surface area contributed by atoms with E-state index in [0.29, 0.717) is 0 Å². The number of hydrogen-bond acceptors (Lipinski definition) is 15. The largest absolute Gasteiger partial charge is 0.466 e. The van der Waals surface area contributed by atoms with Gasteiger partial charge in [-0.1, -0.05) is 0 Å². The van der Waals surface area contributed by atoms with Crippen LogP contribution in [0.2, 0.25) is 0 Å².